The SMILES string of the molecule is CCCCNC(=O)CN1CCC(C)C1CO. The number of carbonyl (C=O) groups excluding carboxylic acids is 1. The molecule has 0 aromatic carbocycles. The lowest BCUT2D eigenvalue weighted by atomic mass is 10.0. The van der Waals surface area contributed by atoms with Crippen LogP contribution in [0.2, 0.25) is 0 Å². The van der Waals surface area contributed by atoms with E-state index in [1.165, 1.54) is 0 Å². The Kier molecular flexibility index (Phi) is 5.77. The van der Waals surface area contributed by atoms with Gasteiger partial charge in [0.15, 0.2) is 0 Å². The van der Waals surface area contributed by atoms with E-state index in [1.807, 2.05) is 0 Å². The van der Waals surface area contributed by atoms with E-state index in [-0.39, 0.29) is 18.6 Å². The van der Waals surface area contributed by atoms with Crippen molar-refractivity contribution < 1.29 is 9.90 Å². The second kappa shape index (κ2) is 6.86. The zero-order valence-electron chi connectivity index (χ0n) is 10.4. The average Bonchev–Trinajstić information content (AvgIpc) is 2.59. The molecular weight excluding hydrogens is 204 g/mol. The van der Waals surface area contributed by atoms with Gasteiger partial charge in [0.05, 0.1) is 13.2 Å². The Hall–Kier alpha value is -0.610. The number of rotatable bonds is 6. The maximum atomic E-state index is 11.6. The van der Waals surface area contributed by atoms with Crippen LogP contribution in [0.3, 0.4) is 0 Å². The number of aliphatic hydroxyl groups is 1. The van der Waals surface area contributed by atoms with Gasteiger partial charge in [-0.2, -0.15) is 0 Å². The molecule has 0 radical (unpaired) electrons. The minimum atomic E-state index is 0.0843. The molecule has 94 valence electrons. The summed E-state index contributed by atoms with van der Waals surface area (Å²) in [6, 6.07) is 0.164. The van der Waals surface area contributed by atoms with Crippen molar-refractivity contribution in [2.24, 2.45) is 5.92 Å². The van der Waals surface area contributed by atoms with Crippen LogP contribution in [0.1, 0.15) is 33.1 Å². The number of carbonyl (C=O) groups is 1. The molecule has 1 amide bonds. The second-order valence-electron chi connectivity index (χ2n) is 4.69. The quantitative estimate of drug-likeness (QED) is 0.655. The van der Waals surface area contributed by atoms with E-state index in [9.17, 15) is 9.90 Å². The van der Waals surface area contributed by atoms with E-state index in [2.05, 4.69) is 24.1 Å². The number of amides is 1. The summed E-state index contributed by atoms with van der Waals surface area (Å²) in [7, 11) is 0. The fourth-order valence-corrected chi connectivity index (χ4v) is 2.22. The van der Waals surface area contributed by atoms with Crippen LogP contribution in [0.4, 0.5) is 0 Å². The second-order valence-corrected chi connectivity index (χ2v) is 4.69. The molecule has 0 spiro atoms. The van der Waals surface area contributed by atoms with Gasteiger partial charge in [0.1, 0.15) is 0 Å². The molecule has 4 heteroatoms. The van der Waals surface area contributed by atoms with Crippen molar-refractivity contribution in [2.75, 3.05) is 26.2 Å². The van der Waals surface area contributed by atoms with Crippen LogP contribution in [-0.2, 0) is 4.79 Å². The highest BCUT2D eigenvalue weighted by Gasteiger charge is 2.31. The third-order valence-electron chi connectivity index (χ3n) is 3.38. The minimum Gasteiger partial charge on any atom is -0.395 e. The third kappa shape index (κ3) is 3.76. The maximum Gasteiger partial charge on any atom is 0.234 e. The Morgan fingerprint density at radius 2 is 2.31 bits per heavy atom. The third-order valence-corrected chi connectivity index (χ3v) is 3.38. The number of nitrogens with zero attached hydrogens (tertiary/aromatic N) is 1. The molecule has 1 heterocycles. The van der Waals surface area contributed by atoms with E-state index < -0.39 is 0 Å². The zero-order chi connectivity index (χ0) is 12.0. The molecule has 0 bridgehead atoms. The van der Waals surface area contributed by atoms with Crippen molar-refractivity contribution in [1.82, 2.24) is 10.2 Å². The largest absolute Gasteiger partial charge is 0.395 e. The van der Waals surface area contributed by atoms with Gasteiger partial charge in [0.2, 0.25) is 5.91 Å². The first-order valence-electron chi connectivity index (χ1n) is 6.30. The standard InChI is InChI=1S/C12H24N2O2/c1-3-4-6-13-12(16)8-14-7-5-10(2)11(14)9-15/h10-11,15H,3-9H2,1-2H3,(H,13,16). The van der Waals surface area contributed by atoms with Gasteiger partial charge in [0, 0.05) is 12.6 Å². The highest BCUT2D eigenvalue weighted by Crippen LogP contribution is 2.22. The highest BCUT2D eigenvalue weighted by atomic mass is 16.3. The Morgan fingerprint density at radius 3 is 2.94 bits per heavy atom. The lowest BCUT2D eigenvalue weighted by Gasteiger charge is -2.24. The van der Waals surface area contributed by atoms with Crippen LogP contribution >= 0.6 is 0 Å². The van der Waals surface area contributed by atoms with Gasteiger partial charge in [-0.05, 0) is 25.3 Å². The van der Waals surface area contributed by atoms with Gasteiger partial charge in [-0.25, -0.2) is 0 Å². The van der Waals surface area contributed by atoms with Gasteiger partial charge in [-0.15, -0.1) is 0 Å². The van der Waals surface area contributed by atoms with Crippen molar-refractivity contribution in [3.63, 3.8) is 0 Å². The lowest BCUT2D eigenvalue weighted by Crippen LogP contribution is -2.42. The minimum absolute atomic E-state index is 0.0843. The molecule has 1 aliphatic rings. The molecule has 2 unspecified atom stereocenters. The van der Waals surface area contributed by atoms with Crippen molar-refractivity contribution in [3.8, 4) is 0 Å². The Morgan fingerprint density at radius 1 is 1.56 bits per heavy atom. The summed E-state index contributed by atoms with van der Waals surface area (Å²) >= 11 is 0. The van der Waals surface area contributed by atoms with Crippen LogP contribution < -0.4 is 5.32 Å². The average molecular weight is 228 g/mol. The van der Waals surface area contributed by atoms with Crippen LogP contribution in [0.15, 0.2) is 0 Å². The van der Waals surface area contributed by atoms with E-state index in [0.29, 0.717) is 12.5 Å². The molecule has 0 aromatic heterocycles. The van der Waals surface area contributed by atoms with Crippen molar-refractivity contribution in [1.29, 1.82) is 0 Å². The molecule has 0 aliphatic carbocycles. The molecule has 1 rings (SSSR count). The predicted molar refractivity (Wildman–Crippen MR) is 64.1 cm³/mol. The molecule has 1 fully saturated rings. The van der Waals surface area contributed by atoms with E-state index >= 15 is 0 Å². The number of unbranched alkanes of at least 4 members (excludes halogenated alkanes) is 1. The highest BCUT2D eigenvalue weighted by molar-refractivity contribution is 5.78. The molecule has 0 aromatic rings. The number of likely N-dealkylation sites (tertiary alicyclic amines) is 1. The fraction of sp³-hybridized carbons (Fsp3) is 0.917. The summed E-state index contributed by atoms with van der Waals surface area (Å²) in [6.45, 7) is 6.52. The van der Waals surface area contributed by atoms with Gasteiger partial charge in [-0.3, -0.25) is 9.69 Å². The smallest absolute Gasteiger partial charge is 0.234 e. The Labute approximate surface area is 98.0 Å². The predicted octanol–water partition coefficient (Wildman–Crippen LogP) is 0.605. The monoisotopic (exact) mass is 228 g/mol. The van der Waals surface area contributed by atoms with Crippen LogP contribution in [0, 0.1) is 5.92 Å². The maximum absolute atomic E-state index is 11.6. The number of nitrogens with one attached hydrogen (secondary N) is 1. The van der Waals surface area contributed by atoms with Crippen LogP contribution in [0.25, 0.3) is 0 Å². The van der Waals surface area contributed by atoms with Gasteiger partial charge >= 0.3 is 0 Å². The van der Waals surface area contributed by atoms with Gasteiger partial charge in [-0.1, -0.05) is 20.3 Å². The normalized spacial score (nSPS) is 25.9. The van der Waals surface area contributed by atoms with Crippen molar-refractivity contribution in [2.45, 2.75) is 39.2 Å². The van der Waals surface area contributed by atoms with Gasteiger partial charge < -0.3 is 10.4 Å². The molecule has 2 atom stereocenters. The molecule has 16 heavy (non-hydrogen) atoms. The lowest BCUT2D eigenvalue weighted by molar-refractivity contribution is -0.122. The van der Waals surface area contributed by atoms with Crippen LogP contribution in [-0.4, -0.2) is 48.2 Å². The molecular formula is C12H24N2O2. The molecule has 1 aliphatic heterocycles. The summed E-state index contributed by atoms with van der Waals surface area (Å²) in [5.74, 6) is 0.578. The topological polar surface area (TPSA) is 52.6 Å². The van der Waals surface area contributed by atoms with Crippen LogP contribution in [0.5, 0.6) is 0 Å². The fourth-order valence-electron chi connectivity index (χ4n) is 2.22. The number of hydrogen-bond acceptors (Lipinski definition) is 3. The first kappa shape index (κ1) is 13.5. The van der Waals surface area contributed by atoms with Gasteiger partial charge in [0.25, 0.3) is 0 Å². The van der Waals surface area contributed by atoms with Crippen molar-refractivity contribution in [3.05, 3.63) is 0 Å². The molecule has 4 nitrogen and oxygen atoms in total. The number of aliphatic hydroxyl groups excluding tert-OH is 1. The summed E-state index contributed by atoms with van der Waals surface area (Å²) < 4.78 is 0. The molecule has 1 saturated heterocycles. The summed E-state index contributed by atoms with van der Waals surface area (Å²) in [6.07, 6.45) is 3.21. The van der Waals surface area contributed by atoms with E-state index in [4.69, 9.17) is 0 Å². The summed E-state index contributed by atoms with van der Waals surface area (Å²) in [4.78, 5) is 13.7. The zero-order valence-corrected chi connectivity index (χ0v) is 10.4. The first-order chi connectivity index (χ1) is 7.69. The number of hydrogen-bond donors (Lipinski definition) is 2. The van der Waals surface area contributed by atoms with E-state index in [1.54, 1.807) is 0 Å². The van der Waals surface area contributed by atoms with Crippen molar-refractivity contribution >= 4 is 5.91 Å². The molecule has 0 saturated carbocycles. The Balaban J connectivity index is 2.28. The van der Waals surface area contributed by atoms with E-state index in [0.717, 1.165) is 32.4 Å². The summed E-state index contributed by atoms with van der Waals surface area (Å²) in [5.41, 5.74) is 0. The summed E-state index contributed by atoms with van der Waals surface area (Å²) in [5, 5.41) is 12.2. The first-order valence-corrected chi connectivity index (χ1v) is 6.30. The Bertz CT molecular complexity index is 221. The molecule has 2 N–H and O–H groups in total.